The molecule has 2 atom stereocenters. The van der Waals surface area contributed by atoms with Crippen LogP contribution in [0.5, 0.6) is 0 Å². The van der Waals surface area contributed by atoms with Gasteiger partial charge in [-0.15, -0.1) is 11.3 Å². The minimum absolute atomic E-state index is 0.0533. The third-order valence-electron chi connectivity index (χ3n) is 4.78. The molecule has 22 heavy (non-hydrogen) atoms. The fraction of sp³-hybridized carbons (Fsp3) is 0.733. The predicted molar refractivity (Wildman–Crippen MR) is 85.4 cm³/mol. The Hall–Kier alpha value is -1.18. The Balaban J connectivity index is 1.42. The second kappa shape index (κ2) is 5.79. The molecule has 0 aromatic carbocycles. The van der Waals surface area contributed by atoms with E-state index in [4.69, 9.17) is 4.74 Å². The third-order valence-corrected chi connectivity index (χ3v) is 5.55. The summed E-state index contributed by atoms with van der Waals surface area (Å²) >= 11 is 1.53. The minimum atomic E-state index is 0.0533. The molecule has 3 heterocycles. The molecule has 0 radical (unpaired) electrons. The summed E-state index contributed by atoms with van der Waals surface area (Å²) in [6, 6.07) is 0.882. The molecule has 3 aliphatic rings. The van der Waals surface area contributed by atoms with E-state index < -0.39 is 0 Å². The van der Waals surface area contributed by atoms with Gasteiger partial charge in [-0.2, -0.15) is 0 Å². The highest BCUT2D eigenvalue weighted by molar-refractivity contribution is 7.13. The van der Waals surface area contributed by atoms with Crippen molar-refractivity contribution < 1.29 is 9.53 Å². The van der Waals surface area contributed by atoms with Crippen LogP contribution in [0.4, 0.5) is 5.13 Å². The Morgan fingerprint density at radius 1 is 1.41 bits per heavy atom. The zero-order valence-electron chi connectivity index (χ0n) is 12.8. The van der Waals surface area contributed by atoms with Crippen molar-refractivity contribution in [1.82, 2.24) is 14.8 Å². The van der Waals surface area contributed by atoms with Crippen LogP contribution >= 0.6 is 11.3 Å². The van der Waals surface area contributed by atoms with Gasteiger partial charge in [0.25, 0.3) is 5.91 Å². The Bertz CT molecular complexity index is 559. The lowest BCUT2D eigenvalue weighted by Gasteiger charge is -2.45. The van der Waals surface area contributed by atoms with E-state index >= 15 is 0 Å². The summed E-state index contributed by atoms with van der Waals surface area (Å²) in [5.41, 5.74) is 0.575. The Morgan fingerprint density at radius 2 is 2.27 bits per heavy atom. The summed E-state index contributed by atoms with van der Waals surface area (Å²) in [6.07, 6.45) is 3.61. The van der Waals surface area contributed by atoms with Gasteiger partial charge < -0.3 is 15.0 Å². The van der Waals surface area contributed by atoms with Crippen LogP contribution in [-0.4, -0.2) is 72.2 Å². The average Bonchev–Trinajstić information content (AvgIpc) is 3.22. The molecule has 2 unspecified atom stereocenters. The van der Waals surface area contributed by atoms with Crippen molar-refractivity contribution >= 4 is 22.4 Å². The van der Waals surface area contributed by atoms with Gasteiger partial charge in [0, 0.05) is 31.1 Å². The molecule has 0 spiro atoms. The summed E-state index contributed by atoms with van der Waals surface area (Å²) in [4.78, 5) is 21.4. The van der Waals surface area contributed by atoms with Crippen molar-refractivity contribution in [3.05, 3.63) is 11.1 Å². The first-order valence-electron chi connectivity index (χ1n) is 8.04. The van der Waals surface area contributed by atoms with Crippen molar-refractivity contribution in [2.75, 3.05) is 38.6 Å². The number of nitrogens with one attached hydrogen (secondary N) is 1. The Labute approximate surface area is 134 Å². The maximum absolute atomic E-state index is 12.7. The van der Waals surface area contributed by atoms with E-state index in [9.17, 15) is 4.79 Å². The first kappa shape index (κ1) is 14.4. The van der Waals surface area contributed by atoms with E-state index in [1.54, 1.807) is 0 Å². The number of thiazole rings is 1. The zero-order chi connectivity index (χ0) is 15.1. The second-order valence-corrected chi connectivity index (χ2v) is 7.31. The number of hydrogen-bond donors (Lipinski definition) is 1. The van der Waals surface area contributed by atoms with Crippen LogP contribution < -0.4 is 5.32 Å². The standard InChI is InChI=1S/C15H22N4O2S/c1-18-6-7-21-13-4-5-19(8-12(13)18)14(20)11-9-22-15(17-11)16-10-2-3-10/h9-10,12-13H,2-8H2,1H3,(H,16,17). The number of carbonyl (C=O) groups is 1. The third kappa shape index (κ3) is 2.85. The molecular formula is C15H22N4O2S. The number of likely N-dealkylation sites (N-methyl/N-ethyl adjacent to an activating group) is 1. The molecule has 1 aromatic heterocycles. The first-order chi connectivity index (χ1) is 10.7. The number of carbonyl (C=O) groups excluding carboxylic acids is 1. The van der Waals surface area contributed by atoms with Crippen LogP contribution in [0.25, 0.3) is 0 Å². The van der Waals surface area contributed by atoms with Gasteiger partial charge in [0.2, 0.25) is 0 Å². The maximum Gasteiger partial charge on any atom is 0.273 e. The van der Waals surface area contributed by atoms with Crippen LogP contribution in [0, 0.1) is 0 Å². The molecule has 2 aliphatic heterocycles. The second-order valence-electron chi connectivity index (χ2n) is 6.45. The highest BCUT2D eigenvalue weighted by Gasteiger charge is 2.37. The number of rotatable bonds is 3. The predicted octanol–water partition coefficient (Wildman–Crippen LogP) is 1.26. The van der Waals surface area contributed by atoms with Crippen molar-refractivity contribution in [2.24, 2.45) is 0 Å². The lowest BCUT2D eigenvalue weighted by Crippen LogP contribution is -2.59. The number of morpholine rings is 1. The van der Waals surface area contributed by atoms with Crippen LogP contribution in [-0.2, 0) is 4.74 Å². The van der Waals surface area contributed by atoms with Gasteiger partial charge >= 0.3 is 0 Å². The molecule has 120 valence electrons. The van der Waals surface area contributed by atoms with Crippen molar-refractivity contribution in [3.63, 3.8) is 0 Å². The number of nitrogens with zero attached hydrogens (tertiary/aromatic N) is 3. The molecule has 1 aromatic rings. The van der Waals surface area contributed by atoms with Gasteiger partial charge in [0.05, 0.1) is 18.8 Å². The first-order valence-corrected chi connectivity index (χ1v) is 8.92. The van der Waals surface area contributed by atoms with Crippen LogP contribution in [0.1, 0.15) is 29.8 Å². The van der Waals surface area contributed by atoms with E-state index in [0.717, 1.165) is 37.8 Å². The normalized spacial score (nSPS) is 29.2. The molecule has 1 N–H and O–H groups in total. The van der Waals surface area contributed by atoms with Gasteiger partial charge in [-0.1, -0.05) is 0 Å². The summed E-state index contributed by atoms with van der Waals surface area (Å²) < 4.78 is 5.84. The summed E-state index contributed by atoms with van der Waals surface area (Å²) in [5.74, 6) is 0.0533. The number of fused-ring (bicyclic) bond motifs is 1. The highest BCUT2D eigenvalue weighted by Crippen LogP contribution is 2.28. The number of likely N-dealkylation sites (tertiary alicyclic amines) is 1. The highest BCUT2D eigenvalue weighted by atomic mass is 32.1. The summed E-state index contributed by atoms with van der Waals surface area (Å²) in [6.45, 7) is 3.24. The van der Waals surface area contributed by atoms with Crippen molar-refractivity contribution in [3.8, 4) is 0 Å². The van der Waals surface area contributed by atoms with Crippen LogP contribution in [0.2, 0.25) is 0 Å². The molecule has 7 heteroatoms. The van der Waals surface area contributed by atoms with Crippen molar-refractivity contribution in [2.45, 2.75) is 37.5 Å². The zero-order valence-corrected chi connectivity index (χ0v) is 13.6. The fourth-order valence-corrected chi connectivity index (χ4v) is 3.99. The largest absolute Gasteiger partial charge is 0.375 e. The number of anilines is 1. The SMILES string of the molecule is CN1CCOC2CCN(C(=O)c3csc(NC4CC4)n3)CC21. The number of hydrogen-bond acceptors (Lipinski definition) is 6. The lowest BCUT2D eigenvalue weighted by molar-refractivity contribution is -0.0894. The summed E-state index contributed by atoms with van der Waals surface area (Å²) in [7, 11) is 2.12. The molecule has 3 fully saturated rings. The molecule has 1 amide bonds. The molecule has 1 saturated carbocycles. The minimum Gasteiger partial charge on any atom is -0.375 e. The van der Waals surface area contributed by atoms with E-state index in [0.29, 0.717) is 17.8 Å². The van der Waals surface area contributed by atoms with Gasteiger partial charge in [-0.25, -0.2) is 4.98 Å². The van der Waals surface area contributed by atoms with Gasteiger partial charge in [0.1, 0.15) is 5.69 Å². The van der Waals surface area contributed by atoms with E-state index in [1.807, 2.05) is 10.3 Å². The Kier molecular flexibility index (Phi) is 3.79. The van der Waals surface area contributed by atoms with Crippen LogP contribution in [0.15, 0.2) is 5.38 Å². The Morgan fingerprint density at radius 3 is 3.09 bits per heavy atom. The molecule has 6 nitrogen and oxygen atoms in total. The lowest BCUT2D eigenvalue weighted by atomic mass is 9.99. The molecule has 1 aliphatic carbocycles. The number of aromatic nitrogens is 1. The fourth-order valence-electron chi connectivity index (χ4n) is 3.23. The van der Waals surface area contributed by atoms with Gasteiger partial charge in [0.15, 0.2) is 5.13 Å². The molecule has 2 saturated heterocycles. The van der Waals surface area contributed by atoms with Crippen LogP contribution in [0.3, 0.4) is 0 Å². The van der Waals surface area contributed by atoms with Gasteiger partial charge in [-0.3, -0.25) is 9.69 Å². The monoisotopic (exact) mass is 322 g/mol. The summed E-state index contributed by atoms with van der Waals surface area (Å²) in [5, 5.41) is 6.10. The molecule has 4 rings (SSSR count). The maximum atomic E-state index is 12.7. The average molecular weight is 322 g/mol. The number of ether oxygens (including phenoxy) is 1. The smallest absolute Gasteiger partial charge is 0.273 e. The topological polar surface area (TPSA) is 57.7 Å². The number of piperidine rings is 1. The van der Waals surface area contributed by atoms with Gasteiger partial charge in [-0.05, 0) is 26.3 Å². The van der Waals surface area contributed by atoms with E-state index in [-0.39, 0.29) is 12.0 Å². The van der Waals surface area contributed by atoms with E-state index in [2.05, 4.69) is 22.2 Å². The van der Waals surface area contributed by atoms with E-state index in [1.165, 1.54) is 24.2 Å². The quantitative estimate of drug-likeness (QED) is 0.908. The molecular weight excluding hydrogens is 300 g/mol. The van der Waals surface area contributed by atoms with Crippen molar-refractivity contribution in [1.29, 1.82) is 0 Å². The molecule has 0 bridgehead atoms. The number of amides is 1.